The summed E-state index contributed by atoms with van der Waals surface area (Å²) in [5.41, 5.74) is 0. The van der Waals surface area contributed by atoms with Crippen LogP contribution in [0.3, 0.4) is 0 Å². The molecule has 10 heteroatoms. The number of hydrogen-bond donors (Lipinski definition) is 1. The van der Waals surface area contributed by atoms with Crippen LogP contribution >= 0.6 is 11.5 Å². The van der Waals surface area contributed by atoms with Crippen LogP contribution in [0.15, 0.2) is 4.99 Å². The molecule has 0 saturated carbocycles. The van der Waals surface area contributed by atoms with Crippen molar-refractivity contribution in [3.8, 4) is 0 Å². The van der Waals surface area contributed by atoms with Gasteiger partial charge in [-0.1, -0.05) is 13.3 Å². The quantitative estimate of drug-likeness (QED) is 0.585. The van der Waals surface area contributed by atoms with Crippen molar-refractivity contribution < 1.29 is 0 Å². The van der Waals surface area contributed by atoms with Crippen LogP contribution in [0.2, 0.25) is 0 Å². The first-order valence-electron chi connectivity index (χ1n) is 10.8. The number of piperazine rings is 1. The Labute approximate surface area is 176 Å². The van der Waals surface area contributed by atoms with Gasteiger partial charge in [-0.2, -0.15) is 4.37 Å². The number of aryl methyl sites for hydroxylation is 2. The van der Waals surface area contributed by atoms with Crippen molar-refractivity contribution in [2.45, 2.75) is 59.0 Å². The molecule has 2 aromatic rings. The molecule has 0 aromatic carbocycles. The molecule has 29 heavy (non-hydrogen) atoms. The number of guanidine groups is 1. The number of nitrogens with one attached hydrogen (secondary N) is 1. The lowest BCUT2D eigenvalue weighted by atomic mass is 10.2. The van der Waals surface area contributed by atoms with Crippen molar-refractivity contribution in [1.29, 1.82) is 0 Å². The minimum absolute atomic E-state index is 0.575. The topological polar surface area (TPSA) is 87.4 Å². The highest BCUT2D eigenvalue weighted by Crippen LogP contribution is 2.19. The smallest absolute Gasteiger partial charge is 0.205 e. The Bertz CT molecular complexity index is 820. The maximum atomic E-state index is 4.90. The summed E-state index contributed by atoms with van der Waals surface area (Å²) < 4.78 is 6.69. The molecular formula is C19H31N9S. The second-order valence-electron chi connectivity index (χ2n) is 7.49. The Morgan fingerprint density at radius 3 is 2.69 bits per heavy atom. The highest BCUT2D eigenvalue weighted by atomic mass is 32.1. The Morgan fingerprint density at radius 1 is 1.07 bits per heavy atom. The lowest BCUT2D eigenvalue weighted by Gasteiger charge is -2.36. The molecule has 0 radical (unpaired) electrons. The van der Waals surface area contributed by atoms with Gasteiger partial charge in [0.25, 0.3) is 0 Å². The van der Waals surface area contributed by atoms with Crippen LogP contribution in [0.25, 0.3) is 0 Å². The first-order valence-corrected chi connectivity index (χ1v) is 11.6. The van der Waals surface area contributed by atoms with Crippen LogP contribution in [0.4, 0.5) is 5.13 Å². The monoisotopic (exact) mass is 417 g/mol. The number of anilines is 1. The molecule has 1 fully saturated rings. The number of nitrogens with zero attached hydrogens (tertiary/aromatic N) is 8. The van der Waals surface area contributed by atoms with Gasteiger partial charge in [-0.15, -0.1) is 10.2 Å². The Hall–Kier alpha value is -2.23. The van der Waals surface area contributed by atoms with Gasteiger partial charge in [-0.3, -0.25) is 0 Å². The van der Waals surface area contributed by atoms with Gasteiger partial charge in [-0.25, -0.2) is 9.98 Å². The van der Waals surface area contributed by atoms with E-state index in [1.165, 1.54) is 30.8 Å². The van der Waals surface area contributed by atoms with Gasteiger partial charge in [-0.05, 0) is 19.8 Å². The number of hydrogen-bond acceptors (Lipinski definition) is 7. The average molecular weight is 418 g/mol. The lowest BCUT2D eigenvalue weighted by molar-refractivity contribution is 0.372. The zero-order valence-corrected chi connectivity index (χ0v) is 18.3. The van der Waals surface area contributed by atoms with E-state index in [2.05, 4.69) is 53.1 Å². The highest BCUT2D eigenvalue weighted by molar-refractivity contribution is 7.09. The van der Waals surface area contributed by atoms with Crippen molar-refractivity contribution in [2.75, 3.05) is 37.6 Å². The number of aliphatic imine (C=N–C) groups is 1. The molecule has 158 valence electrons. The van der Waals surface area contributed by atoms with Gasteiger partial charge in [0.15, 0.2) is 11.8 Å². The second kappa shape index (κ2) is 9.51. The molecule has 0 aliphatic carbocycles. The van der Waals surface area contributed by atoms with Crippen LogP contribution in [0, 0.1) is 0 Å². The molecule has 2 aliphatic heterocycles. The molecule has 0 spiro atoms. The van der Waals surface area contributed by atoms with Crippen LogP contribution in [-0.2, 0) is 25.9 Å². The van der Waals surface area contributed by atoms with E-state index in [0.717, 1.165) is 80.7 Å². The van der Waals surface area contributed by atoms with E-state index in [9.17, 15) is 0 Å². The van der Waals surface area contributed by atoms with E-state index in [4.69, 9.17) is 4.99 Å². The molecule has 1 saturated heterocycles. The fourth-order valence-electron chi connectivity index (χ4n) is 3.86. The van der Waals surface area contributed by atoms with E-state index in [-0.39, 0.29) is 0 Å². The van der Waals surface area contributed by atoms with Gasteiger partial charge in [0, 0.05) is 63.6 Å². The minimum Gasteiger partial charge on any atom is -0.357 e. The first-order chi connectivity index (χ1) is 14.3. The Kier molecular flexibility index (Phi) is 6.58. The summed E-state index contributed by atoms with van der Waals surface area (Å²) in [6.45, 7) is 10.4. The minimum atomic E-state index is 0.575. The van der Waals surface area contributed by atoms with Gasteiger partial charge in [0.2, 0.25) is 5.13 Å². The van der Waals surface area contributed by atoms with E-state index < -0.39 is 0 Å². The van der Waals surface area contributed by atoms with Crippen LogP contribution < -0.4 is 10.2 Å². The molecule has 0 atom stereocenters. The Morgan fingerprint density at radius 2 is 1.93 bits per heavy atom. The van der Waals surface area contributed by atoms with Gasteiger partial charge >= 0.3 is 0 Å². The van der Waals surface area contributed by atoms with Gasteiger partial charge < -0.3 is 19.7 Å². The van der Waals surface area contributed by atoms with Crippen molar-refractivity contribution >= 4 is 22.6 Å². The summed E-state index contributed by atoms with van der Waals surface area (Å²) in [6, 6.07) is 0. The molecule has 1 N–H and O–H groups in total. The van der Waals surface area contributed by atoms with E-state index >= 15 is 0 Å². The summed E-state index contributed by atoms with van der Waals surface area (Å²) in [5.74, 6) is 4.01. The molecule has 2 aromatic heterocycles. The summed E-state index contributed by atoms with van der Waals surface area (Å²) in [7, 11) is 0. The number of rotatable bonds is 5. The van der Waals surface area contributed by atoms with Crippen LogP contribution in [0.1, 0.15) is 50.6 Å². The third-order valence-electron chi connectivity index (χ3n) is 5.51. The predicted octanol–water partition coefficient (Wildman–Crippen LogP) is 1.71. The average Bonchev–Trinajstić information content (AvgIpc) is 3.32. The largest absolute Gasteiger partial charge is 0.357 e. The summed E-state index contributed by atoms with van der Waals surface area (Å²) in [6.07, 6.45) is 5.61. The molecular weight excluding hydrogens is 386 g/mol. The normalized spacial score (nSPS) is 17.9. The van der Waals surface area contributed by atoms with E-state index in [1.807, 2.05) is 0 Å². The van der Waals surface area contributed by atoms with E-state index in [1.54, 1.807) is 0 Å². The highest BCUT2D eigenvalue weighted by Gasteiger charge is 2.22. The predicted molar refractivity (Wildman–Crippen MR) is 115 cm³/mol. The SMILES string of the molecule is CCNC(=NCc1nnc2n1CCCCC2)N1CCN(c2nc(CC)ns2)CC1. The zero-order chi connectivity index (χ0) is 20.1. The molecule has 4 rings (SSSR count). The first kappa shape index (κ1) is 20.1. The van der Waals surface area contributed by atoms with Gasteiger partial charge in [0.05, 0.1) is 0 Å². The van der Waals surface area contributed by atoms with E-state index in [0.29, 0.717) is 6.54 Å². The summed E-state index contributed by atoms with van der Waals surface area (Å²) >= 11 is 1.51. The summed E-state index contributed by atoms with van der Waals surface area (Å²) in [4.78, 5) is 14.2. The third kappa shape index (κ3) is 4.68. The van der Waals surface area contributed by atoms with Crippen LogP contribution in [0.5, 0.6) is 0 Å². The molecule has 0 unspecified atom stereocenters. The number of fused-ring (bicyclic) bond motifs is 1. The van der Waals surface area contributed by atoms with Crippen molar-refractivity contribution in [3.63, 3.8) is 0 Å². The fourth-order valence-corrected chi connectivity index (χ4v) is 4.66. The van der Waals surface area contributed by atoms with Crippen molar-refractivity contribution in [3.05, 3.63) is 17.5 Å². The fraction of sp³-hybridized carbons (Fsp3) is 0.737. The van der Waals surface area contributed by atoms with Crippen LogP contribution in [-0.4, -0.2) is 67.7 Å². The standard InChI is InChI=1S/C19H31N9S/c1-3-15-22-19(29-25-15)27-12-10-26(11-13-27)18(20-4-2)21-14-17-24-23-16-8-6-5-7-9-28(16)17/h3-14H2,1-2H3,(H,20,21). The molecule has 0 bridgehead atoms. The molecule has 9 nitrogen and oxygen atoms in total. The van der Waals surface area contributed by atoms with Crippen molar-refractivity contribution in [2.24, 2.45) is 4.99 Å². The van der Waals surface area contributed by atoms with Crippen molar-refractivity contribution in [1.82, 2.24) is 34.3 Å². The lowest BCUT2D eigenvalue weighted by Crippen LogP contribution is -2.52. The molecule has 0 amide bonds. The van der Waals surface area contributed by atoms with Gasteiger partial charge in [0.1, 0.15) is 18.2 Å². The second-order valence-corrected chi connectivity index (χ2v) is 8.22. The molecule has 2 aliphatic rings. The Balaban J connectivity index is 1.40. The number of aromatic nitrogens is 5. The molecule has 4 heterocycles. The summed E-state index contributed by atoms with van der Waals surface area (Å²) in [5, 5.41) is 13.3. The third-order valence-corrected chi connectivity index (χ3v) is 6.33. The maximum absolute atomic E-state index is 4.90. The zero-order valence-electron chi connectivity index (χ0n) is 17.5. The maximum Gasteiger partial charge on any atom is 0.205 e.